The zero-order valence-corrected chi connectivity index (χ0v) is 17.7. The molecule has 0 saturated heterocycles. The van der Waals surface area contributed by atoms with E-state index in [9.17, 15) is 0 Å². The Bertz CT molecular complexity index is 207. The molecule has 0 aromatic rings. The van der Waals surface area contributed by atoms with Crippen LogP contribution in [0.1, 0.15) is 13.8 Å². The van der Waals surface area contributed by atoms with Gasteiger partial charge in [0, 0.05) is 24.7 Å². The molecule has 0 aromatic carbocycles. The molecule has 0 heterocycles. The SMILES string of the molecule is CCO[Si](C)(C)CCSSSCC[Si](C)(C)OCC. The third kappa shape index (κ3) is 12.8. The van der Waals surface area contributed by atoms with Crippen molar-refractivity contribution in [2.75, 3.05) is 24.7 Å². The van der Waals surface area contributed by atoms with Gasteiger partial charge in [0.25, 0.3) is 0 Å². The lowest BCUT2D eigenvalue weighted by Gasteiger charge is -2.22. The van der Waals surface area contributed by atoms with Crippen LogP contribution in [-0.2, 0) is 8.85 Å². The molecule has 0 radical (unpaired) electrons. The van der Waals surface area contributed by atoms with Crippen LogP contribution in [0.2, 0.25) is 38.3 Å². The summed E-state index contributed by atoms with van der Waals surface area (Å²) >= 11 is 0. The molecule has 0 N–H and O–H groups in total. The van der Waals surface area contributed by atoms with Gasteiger partial charge < -0.3 is 8.85 Å². The summed E-state index contributed by atoms with van der Waals surface area (Å²) in [5.41, 5.74) is 0. The largest absolute Gasteiger partial charge is 0.418 e. The molecule has 7 heteroatoms. The number of rotatable bonds is 12. The first-order chi connectivity index (χ1) is 8.83. The van der Waals surface area contributed by atoms with E-state index >= 15 is 0 Å². The summed E-state index contributed by atoms with van der Waals surface area (Å²) in [7, 11) is 3.16. The van der Waals surface area contributed by atoms with E-state index in [2.05, 4.69) is 40.0 Å². The van der Waals surface area contributed by atoms with Crippen molar-refractivity contribution in [3.8, 4) is 0 Å². The molecular formula is C12H30O2S3Si2. The summed E-state index contributed by atoms with van der Waals surface area (Å²) in [5.74, 6) is 2.42. The summed E-state index contributed by atoms with van der Waals surface area (Å²) in [6.07, 6.45) is 0. The Labute approximate surface area is 133 Å². The fourth-order valence-corrected chi connectivity index (χ4v) is 12.2. The van der Waals surface area contributed by atoms with Crippen LogP contribution in [0, 0.1) is 0 Å². The maximum atomic E-state index is 5.83. The van der Waals surface area contributed by atoms with Crippen molar-refractivity contribution in [1.82, 2.24) is 0 Å². The highest BCUT2D eigenvalue weighted by molar-refractivity contribution is 9.09. The minimum Gasteiger partial charge on any atom is -0.418 e. The van der Waals surface area contributed by atoms with E-state index in [1.165, 1.54) is 23.6 Å². The van der Waals surface area contributed by atoms with Gasteiger partial charge in [-0.1, -0.05) is 21.6 Å². The quantitative estimate of drug-likeness (QED) is 0.260. The Hall–Kier alpha value is 1.40. The highest BCUT2D eigenvalue weighted by Gasteiger charge is 2.22. The predicted molar refractivity (Wildman–Crippen MR) is 100 cm³/mol. The van der Waals surface area contributed by atoms with Gasteiger partial charge in [-0.25, -0.2) is 0 Å². The Morgan fingerprint density at radius 3 is 1.42 bits per heavy atom. The van der Waals surface area contributed by atoms with Crippen LogP contribution < -0.4 is 0 Å². The molecular weight excluding hydrogens is 329 g/mol. The lowest BCUT2D eigenvalue weighted by molar-refractivity contribution is 0.330. The Morgan fingerprint density at radius 2 is 1.11 bits per heavy atom. The Balaban J connectivity index is 3.46. The van der Waals surface area contributed by atoms with Gasteiger partial charge in [-0.05, 0) is 61.9 Å². The van der Waals surface area contributed by atoms with E-state index in [1.807, 2.05) is 31.4 Å². The van der Waals surface area contributed by atoms with Gasteiger partial charge in [0.05, 0.1) is 0 Å². The molecule has 19 heavy (non-hydrogen) atoms. The molecule has 0 aliphatic rings. The third-order valence-electron chi connectivity index (χ3n) is 2.74. The van der Waals surface area contributed by atoms with Crippen molar-refractivity contribution in [2.45, 2.75) is 52.1 Å². The summed E-state index contributed by atoms with van der Waals surface area (Å²) in [6, 6.07) is 2.50. The second-order valence-corrected chi connectivity index (χ2v) is 18.7. The van der Waals surface area contributed by atoms with Crippen LogP contribution in [0.15, 0.2) is 0 Å². The molecule has 0 rings (SSSR count). The fourth-order valence-electron chi connectivity index (χ4n) is 1.60. The monoisotopic (exact) mass is 358 g/mol. The minimum atomic E-state index is -1.37. The van der Waals surface area contributed by atoms with Crippen molar-refractivity contribution in [3.63, 3.8) is 0 Å². The first kappa shape index (κ1) is 20.4. The maximum absolute atomic E-state index is 5.83. The fraction of sp³-hybridized carbons (Fsp3) is 1.00. The smallest absolute Gasteiger partial charge is 0.187 e. The van der Waals surface area contributed by atoms with Crippen molar-refractivity contribution in [3.05, 3.63) is 0 Å². The molecule has 0 saturated carbocycles. The molecule has 0 unspecified atom stereocenters. The first-order valence-corrected chi connectivity index (χ1v) is 17.1. The lowest BCUT2D eigenvalue weighted by atomic mass is 10.9. The summed E-state index contributed by atoms with van der Waals surface area (Å²) in [4.78, 5) is 0. The van der Waals surface area contributed by atoms with Crippen LogP contribution in [0.3, 0.4) is 0 Å². The van der Waals surface area contributed by atoms with Crippen molar-refractivity contribution < 1.29 is 8.85 Å². The molecule has 0 aliphatic heterocycles. The molecule has 0 spiro atoms. The Kier molecular flexibility index (Phi) is 11.9. The molecule has 0 bridgehead atoms. The van der Waals surface area contributed by atoms with Crippen molar-refractivity contribution >= 4 is 48.0 Å². The van der Waals surface area contributed by atoms with E-state index < -0.39 is 16.6 Å². The molecule has 116 valence electrons. The highest BCUT2D eigenvalue weighted by Crippen LogP contribution is 2.37. The van der Waals surface area contributed by atoms with Crippen LogP contribution in [-0.4, -0.2) is 41.4 Å². The first-order valence-electron chi connectivity index (χ1n) is 7.02. The topological polar surface area (TPSA) is 18.5 Å². The molecule has 2 nitrogen and oxygen atoms in total. The van der Waals surface area contributed by atoms with E-state index in [1.54, 1.807) is 0 Å². The summed E-state index contributed by atoms with van der Waals surface area (Å²) < 4.78 is 11.7. The van der Waals surface area contributed by atoms with Gasteiger partial charge in [0.15, 0.2) is 16.6 Å². The molecule has 0 aliphatic carbocycles. The predicted octanol–water partition coefficient (Wildman–Crippen LogP) is 5.50. The number of hydrogen-bond acceptors (Lipinski definition) is 5. The second-order valence-electron chi connectivity index (χ2n) is 5.60. The third-order valence-corrected chi connectivity index (χ3v) is 12.8. The maximum Gasteiger partial charge on any atom is 0.187 e. The lowest BCUT2D eigenvalue weighted by Crippen LogP contribution is -2.30. The highest BCUT2D eigenvalue weighted by atomic mass is 33.5. The van der Waals surface area contributed by atoms with E-state index in [4.69, 9.17) is 8.85 Å². The second kappa shape index (κ2) is 11.0. The zero-order chi connectivity index (χ0) is 14.8. The number of hydrogen-bond donors (Lipinski definition) is 0. The normalized spacial score (nSPS) is 12.9. The van der Waals surface area contributed by atoms with Gasteiger partial charge in [-0.15, -0.1) is 0 Å². The Morgan fingerprint density at radius 1 is 0.737 bits per heavy atom. The summed E-state index contributed by atoms with van der Waals surface area (Å²) in [5, 5.41) is 0. The molecule has 0 atom stereocenters. The molecule has 0 amide bonds. The molecule has 0 aromatic heterocycles. The van der Waals surface area contributed by atoms with Gasteiger partial charge in [-0.2, -0.15) is 0 Å². The van der Waals surface area contributed by atoms with Gasteiger partial charge in [0.2, 0.25) is 0 Å². The van der Waals surface area contributed by atoms with Gasteiger partial charge in [-0.3, -0.25) is 0 Å². The van der Waals surface area contributed by atoms with Crippen LogP contribution in [0.5, 0.6) is 0 Å². The van der Waals surface area contributed by atoms with Crippen molar-refractivity contribution in [2.24, 2.45) is 0 Å². The zero-order valence-electron chi connectivity index (χ0n) is 13.3. The van der Waals surface area contributed by atoms with Gasteiger partial charge >= 0.3 is 0 Å². The standard InChI is InChI=1S/C12H30O2S3Si2/c1-7-13-18(3,4)11-9-15-17-16-10-12-19(5,6)14-8-2/h7-12H2,1-6H3. The van der Waals surface area contributed by atoms with Crippen molar-refractivity contribution in [1.29, 1.82) is 0 Å². The summed E-state index contributed by atoms with van der Waals surface area (Å²) in [6.45, 7) is 15.2. The average molecular weight is 359 g/mol. The molecule has 0 fully saturated rings. The van der Waals surface area contributed by atoms with E-state index in [-0.39, 0.29) is 0 Å². The van der Waals surface area contributed by atoms with E-state index in [0.29, 0.717) is 0 Å². The van der Waals surface area contributed by atoms with Crippen LogP contribution in [0.25, 0.3) is 0 Å². The minimum absolute atomic E-state index is 0.864. The van der Waals surface area contributed by atoms with Crippen LogP contribution in [0.4, 0.5) is 0 Å². The van der Waals surface area contributed by atoms with E-state index in [0.717, 1.165) is 13.2 Å². The van der Waals surface area contributed by atoms with Crippen LogP contribution >= 0.6 is 31.4 Å². The van der Waals surface area contributed by atoms with Gasteiger partial charge in [0.1, 0.15) is 0 Å². The average Bonchev–Trinajstić information content (AvgIpc) is 2.27.